The fourth-order valence-corrected chi connectivity index (χ4v) is 8.20. The third-order valence-corrected chi connectivity index (χ3v) is 10.4. The highest BCUT2D eigenvalue weighted by Gasteiger charge is 2.18. The van der Waals surface area contributed by atoms with Gasteiger partial charge in [0.15, 0.2) is 5.58 Å². The first-order chi connectivity index (χ1) is 23.3. The molecule has 3 heterocycles. The zero-order valence-corrected chi connectivity index (χ0v) is 26.0. The summed E-state index contributed by atoms with van der Waals surface area (Å²) in [5.74, 6) is 0.642. The quantitative estimate of drug-likeness (QED) is 0.196. The summed E-state index contributed by atoms with van der Waals surface area (Å²) in [6, 6.07) is 56.1. The lowest BCUT2D eigenvalue weighted by atomic mass is 9.98. The predicted octanol–water partition coefficient (Wildman–Crippen LogP) is 12.3. The average Bonchev–Trinajstić information content (AvgIpc) is 3.84. The van der Waals surface area contributed by atoms with Crippen LogP contribution in [-0.2, 0) is 0 Å². The van der Waals surface area contributed by atoms with E-state index in [1.165, 1.54) is 58.7 Å². The minimum atomic E-state index is 0.642. The second kappa shape index (κ2) is 10.3. The Morgan fingerprint density at radius 1 is 0.468 bits per heavy atom. The second-order valence-electron chi connectivity index (χ2n) is 11.9. The molecule has 7 aromatic carbocycles. The summed E-state index contributed by atoms with van der Waals surface area (Å²) in [6.07, 6.45) is 0. The molecule has 0 saturated carbocycles. The number of benzene rings is 7. The molecule has 0 unspecified atom stereocenters. The number of rotatable bonds is 4. The van der Waals surface area contributed by atoms with E-state index in [9.17, 15) is 0 Å². The maximum Gasteiger partial charge on any atom is 0.227 e. The Labute approximate surface area is 274 Å². The van der Waals surface area contributed by atoms with Crippen LogP contribution in [0.3, 0.4) is 0 Å². The molecule has 3 nitrogen and oxygen atoms in total. The van der Waals surface area contributed by atoms with Crippen molar-refractivity contribution in [2.45, 2.75) is 0 Å². The van der Waals surface area contributed by atoms with Gasteiger partial charge in [0.05, 0.1) is 11.0 Å². The molecule has 0 spiro atoms. The Morgan fingerprint density at radius 3 is 2.00 bits per heavy atom. The SMILES string of the molecule is c1ccc(-c2ccc(-n3c4ccccc4c4c(-c5ccc(-c6nc7c(ccc8sc9ccccc9c87)o6)cc5)cccc43)cc2)cc1. The Balaban J connectivity index is 1.08. The first-order valence-electron chi connectivity index (χ1n) is 15.8. The molecule has 0 bridgehead atoms. The number of aromatic nitrogens is 2. The number of hydrogen-bond donors (Lipinski definition) is 0. The van der Waals surface area contributed by atoms with Crippen LogP contribution in [-0.4, -0.2) is 9.55 Å². The van der Waals surface area contributed by atoms with Crippen molar-refractivity contribution in [1.29, 1.82) is 0 Å². The van der Waals surface area contributed by atoms with Crippen molar-refractivity contribution in [3.8, 4) is 39.4 Å². The van der Waals surface area contributed by atoms with Gasteiger partial charge in [-0.15, -0.1) is 11.3 Å². The Morgan fingerprint density at radius 2 is 1.15 bits per heavy atom. The summed E-state index contributed by atoms with van der Waals surface area (Å²) >= 11 is 1.80. The number of thiophene rings is 1. The standard InChI is InChI=1S/C43H26N2OS/c1-2-9-27(10-3-1)28-21-23-31(24-22-28)45-35-14-6-4-11-33(35)40-32(13-8-15-36(40)45)29-17-19-30(20-18-29)43-44-42-37(46-43)25-26-39-41(42)34-12-5-7-16-38(34)47-39/h1-26H. The minimum absolute atomic E-state index is 0.642. The van der Waals surface area contributed by atoms with Crippen molar-refractivity contribution < 1.29 is 4.42 Å². The third-order valence-electron chi connectivity index (χ3n) is 9.27. The summed E-state index contributed by atoms with van der Waals surface area (Å²) in [6.45, 7) is 0. The van der Waals surface area contributed by atoms with Crippen LogP contribution in [0.4, 0.5) is 0 Å². The maximum absolute atomic E-state index is 6.33. The van der Waals surface area contributed by atoms with Gasteiger partial charge in [-0.2, -0.15) is 0 Å². The lowest BCUT2D eigenvalue weighted by Gasteiger charge is -2.10. The van der Waals surface area contributed by atoms with Crippen LogP contribution in [0, 0.1) is 0 Å². The highest BCUT2D eigenvalue weighted by Crippen LogP contribution is 2.41. The van der Waals surface area contributed by atoms with Gasteiger partial charge in [-0.3, -0.25) is 0 Å². The van der Waals surface area contributed by atoms with Crippen molar-refractivity contribution in [2.24, 2.45) is 0 Å². The van der Waals surface area contributed by atoms with Crippen molar-refractivity contribution >= 4 is 64.4 Å². The van der Waals surface area contributed by atoms with E-state index in [-0.39, 0.29) is 0 Å². The molecule has 0 aliphatic rings. The summed E-state index contributed by atoms with van der Waals surface area (Å²) in [7, 11) is 0. The molecule has 0 saturated heterocycles. The smallest absolute Gasteiger partial charge is 0.227 e. The molecule has 220 valence electrons. The van der Waals surface area contributed by atoms with Crippen molar-refractivity contribution in [3.05, 3.63) is 158 Å². The lowest BCUT2D eigenvalue weighted by Crippen LogP contribution is -1.93. The zero-order chi connectivity index (χ0) is 30.9. The number of oxazole rings is 1. The van der Waals surface area contributed by atoms with Crippen molar-refractivity contribution in [1.82, 2.24) is 9.55 Å². The van der Waals surface area contributed by atoms with E-state index in [4.69, 9.17) is 9.40 Å². The highest BCUT2D eigenvalue weighted by atomic mass is 32.1. The van der Waals surface area contributed by atoms with Gasteiger partial charge >= 0.3 is 0 Å². The lowest BCUT2D eigenvalue weighted by molar-refractivity contribution is 0.620. The number of hydrogen-bond acceptors (Lipinski definition) is 3. The van der Waals surface area contributed by atoms with Gasteiger partial charge in [0.2, 0.25) is 5.89 Å². The Bertz CT molecular complexity index is 2770. The molecule has 0 aliphatic heterocycles. The van der Waals surface area contributed by atoms with E-state index in [1.807, 2.05) is 6.07 Å². The molecule has 0 fully saturated rings. The van der Waals surface area contributed by atoms with Gasteiger partial charge in [-0.25, -0.2) is 4.98 Å². The summed E-state index contributed by atoms with van der Waals surface area (Å²) in [5, 5.41) is 4.89. The topological polar surface area (TPSA) is 31.0 Å². The second-order valence-corrected chi connectivity index (χ2v) is 13.0. The van der Waals surface area contributed by atoms with E-state index in [0.717, 1.165) is 27.9 Å². The van der Waals surface area contributed by atoms with Gasteiger partial charge in [-0.1, -0.05) is 103 Å². The largest absolute Gasteiger partial charge is 0.436 e. The van der Waals surface area contributed by atoms with Crippen LogP contribution < -0.4 is 0 Å². The average molecular weight is 619 g/mol. The molecule has 0 radical (unpaired) electrons. The fraction of sp³-hybridized carbons (Fsp3) is 0. The van der Waals surface area contributed by atoms with Crippen LogP contribution in [0.1, 0.15) is 0 Å². The Hall–Kier alpha value is -5.97. The normalized spacial score (nSPS) is 11.8. The Kier molecular flexibility index (Phi) is 5.74. The molecule has 3 aromatic heterocycles. The summed E-state index contributed by atoms with van der Waals surface area (Å²) in [5.41, 5.74) is 11.0. The first-order valence-corrected chi connectivity index (χ1v) is 16.6. The third kappa shape index (κ3) is 4.09. The summed E-state index contributed by atoms with van der Waals surface area (Å²) in [4.78, 5) is 5.03. The predicted molar refractivity (Wildman–Crippen MR) is 198 cm³/mol. The zero-order valence-electron chi connectivity index (χ0n) is 25.2. The van der Waals surface area contributed by atoms with E-state index < -0.39 is 0 Å². The molecule has 0 aliphatic carbocycles. The van der Waals surface area contributed by atoms with Crippen molar-refractivity contribution in [3.63, 3.8) is 0 Å². The minimum Gasteiger partial charge on any atom is -0.436 e. The molecule has 10 aromatic rings. The molecular formula is C43H26N2OS. The van der Waals surface area contributed by atoms with E-state index in [1.54, 1.807) is 11.3 Å². The fourth-order valence-electron chi connectivity index (χ4n) is 7.09. The van der Waals surface area contributed by atoms with Crippen molar-refractivity contribution in [2.75, 3.05) is 0 Å². The molecule has 10 rings (SSSR count). The van der Waals surface area contributed by atoms with E-state index in [0.29, 0.717) is 5.89 Å². The van der Waals surface area contributed by atoms with Gasteiger partial charge in [0.1, 0.15) is 5.52 Å². The number of fused-ring (bicyclic) bond motifs is 8. The van der Waals surface area contributed by atoms with Gasteiger partial charge in [0.25, 0.3) is 0 Å². The van der Waals surface area contributed by atoms with Gasteiger partial charge in [0, 0.05) is 42.2 Å². The van der Waals surface area contributed by atoms with E-state index >= 15 is 0 Å². The molecule has 0 N–H and O–H groups in total. The number of nitrogens with zero attached hydrogens (tertiary/aromatic N) is 2. The molecule has 4 heteroatoms. The molecule has 47 heavy (non-hydrogen) atoms. The first kappa shape index (κ1) is 26.3. The highest BCUT2D eigenvalue weighted by molar-refractivity contribution is 7.26. The molecule has 0 amide bonds. The van der Waals surface area contributed by atoms with Crippen LogP contribution in [0.5, 0.6) is 0 Å². The summed E-state index contributed by atoms with van der Waals surface area (Å²) < 4.78 is 11.2. The maximum atomic E-state index is 6.33. The van der Waals surface area contributed by atoms with Gasteiger partial charge in [-0.05, 0) is 76.9 Å². The van der Waals surface area contributed by atoms with Crippen LogP contribution in [0.2, 0.25) is 0 Å². The van der Waals surface area contributed by atoms with E-state index in [2.05, 4.69) is 156 Å². The monoisotopic (exact) mass is 618 g/mol. The molecular weight excluding hydrogens is 593 g/mol. The van der Waals surface area contributed by atoms with Crippen LogP contribution >= 0.6 is 11.3 Å². The van der Waals surface area contributed by atoms with Crippen LogP contribution in [0.25, 0.3) is 92.5 Å². The molecule has 0 atom stereocenters. The number of para-hydroxylation sites is 1. The van der Waals surface area contributed by atoms with Gasteiger partial charge < -0.3 is 8.98 Å². The van der Waals surface area contributed by atoms with Crippen LogP contribution in [0.15, 0.2) is 162 Å².